The topological polar surface area (TPSA) is 78.9 Å². The van der Waals surface area contributed by atoms with Crippen LogP contribution < -0.4 is 0 Å². The summed E-state index contributed by atoms with van der Waals surface area (Å²) >= 11 is 0. The van der Waals surface area contributed by atoms with Crippen molar-refractivity contribution in [3.63, 3.8) is 0 Å². The zero-order chi connectivity index (χ0) is 59.9. The molecule has 0 spiro atoms. The lowest BCUT2D eigenvalue weighted by atomic mass is 10.0. The van der Waals surface area contributed by atoms with Crippen LogP contribution in [0.1, 0.15) is 316 Å². The number of hydrogen-bond acceptors (Lipinski definition) is 6. The van der Waals surface area contributed by atoms with Gasteiger partial charge in [0.25, 0.3) is 0 Å². The fraction of sp³-hybridized carbons (Fsp3) is 0.675. The summed E-state index contributed by atoms with van der Waals surface area (Å²) in [6.07, 6.45) is 98.9. The van der Waals surface area contributed by atoms with E-state index >= 15 is 0 Å². The molecule has 0 N–H and O–H groups in total. The van der Waals surface area contributed by atoms with Crippen LogP contribution in [0, 0.1) is 0 Å². The quantitative estimate of drug-likeness (QED) is 0.0261. The highest BCUT2D eigenvalue weighted by Crippen LogP contribution is 2.16. The van der Waals surface area contributed by atoms with Crippen molar-refractivity contribution in [3.05, 3.63) is 134 Å². The average Bonchev–Trinajstić information content (AvgIpc) is 3.49. The molecular formula is C77H128O6. The molecule has 1 atom stereocenters. The molecule has 0 fully saturated rings. The van der Waals surface area contributed by atoms with Crippen LogP contribution in [0.15, 0.2) is 134 Å². The summed E-state index contributed by atoms with van der Waals surface area (Å²) in [7, 11) is 0. The van der Waals surface area contributed by atoms with Crippen molar-refractivity contribution < 1.29 is 28.6 Å². The Morgan fingerprint density at radius 3 is 0.735 bits per heavy atom. The normalized spacial score (nSPS) is 13.0. The molecule has 0 amide bonds. The molecule has 0 bridgehead atoms. The molecule has 472 valence electrons. The van der Waals surface area contributed by atoms with Gasteiger partial charge in [0, 0.05) is 19.3 Å². The summed E-state index contributed by atoms with van der Waals surface area (Å²) in [5, 5.41) is 0. The Labute approximate surface area is 513 Å². The van der Waals surface area contributed by atoms with Gasteiger partial charge in [0.2, 0.25) is 0 Å². The SMILES string of the molecule is CC/C=C\C/C=C\C/C=C\C/C=C\C/C=C\CCCCCCCCCCCCCC(=O)OCC(COC(=O)CCCCCCC/C=C\C/C=C\C/C=C\CC)OC(=O)CCCCCCCCCC/C=C\C/C=C\C/C=C\CCCCCCC. The van der Waals surface area contributed by atoms with Crippen molar-refractivity contribution in [2.75, 3.05) is 13.2 Å². The second-order valence-electron chi connectivity index (χ2n) is 22.7. The number of carbonyl (C=O) groups is 3. The number of rotatable bonds is 62. The van der Waals surface area contributed by atoms with Gasteiger partial charge in [-0.2, -0.15) is 0 Å². The molecule has 0 heterocycles. The first kappa shape index (κ1) is 78.5. The fourth-order valence-electron chi connectivity index (χ4n) is 9.49. The van der Waals surface area contributed by atoms with Crippen LogP contribution in [0.5, 0.6) is 0 Å². The summed E-state index contributed by atoms with van der Waals surface area (Å²) in [6, 6.07) is 0. The lowest BCUT2D eigenvalue weighted by Gasteiger charge is -2.18. The molecule has 0 saturated carbocycles. The minimum absolute atomic E-state index is 0.0909. The zero-order valence-corrected chi connectivity index (χ0v) is 54.2. The van der Waals surface area contributed by atoms with Crippen molar-refractivity contribution in [2.24, 2.45) is 0 Å². The van der Waals surface area contributed by atoms with E-state index in [9.17, 15) is 14.4 Å². The van der Waals surface area contributed by atoms with E-state index in [0.717, 1.165) is 148 Å². The first-order chi connectivity index (χ1) is 41.0. The minimum atomic E-state index is -0.797. The fourth-order valence-corrected chi connectivity index (χ4v) is 9.49. The van der Waals surface area contributed by atoms with Gasteiger partial charge in [-0.05, 0) is 135 Å². The molecule has 0 aliphatic heterocycles. The standard InChI is InChI=1S/C77H128O6/c1-4-7-10-13-16-19-22-25-28-30-32-34-36-37-38-39-41-42-44-46-49-52-55-58-61-64-67-70-76(79)82-73-74(72-81-75(78)69-66-63-60-57-54-51-48-27-24-21-18-15-12-9-6-3)83-77(80)71-68-65-62-59-56-53-50-47-45-43-40-35-33-31-29-26-23-20-17-14-11-8-5-2/h7,9-10,12,16,18-19,21,23,25-28,31-34,37-38,40,43,48,74H,4-6,8,11,13-15,17,20,22,24,29-30,35-36,39,41-42,44-47,49-73H2,1-3H3/b10-7-,12-9-,19-16-,21-18-,26-23-,28-25-,33-31-,34-32-,38-37-,43-40-,48-27-. The Hall–Kier alpha value is -4.45. The molecule has 0 radical (unpaired) electrons. The highest BCUT2D eigenvalue weighted by Gasteiger charge is 2.19. The van der Waals surface area contributed by atoms with Crippen molar-refractivity contribution in [1.82, 2.24) is 0 Å². The molecular weight excluding hydrogens is 1020 g/mol. The van der Waals surface area contributed by atoms with E-state index in [1.54, 1.807) is 0 Å². The largest absolute Gasteiger partial charge is 0.462 e. The molecule has 0 aliphatic carbocycles. The Bertz CT molecular complexity index is 1750. The third kappa shape index (κ3) is 68.2. The van der Waals surface area contributed by atoms with Crippen LogP contribution in [0.3, 0.4) is 0 Å². The second kappa shape index (κ2) is 70.0. The van der Waals surface area contributed by atoms with Gasteiger partial charge in [-0.1, -0.05) is 296 Å². The number of esters is 3. The molecule has 0 aliphatic rings. The molecule has 6 heteroatoms. The monoisotopic (exact) mass is 1150 g/mol. The number of ether oxygens (including phenoxy) is 3. The predicted molar refractivity (Wildman–Crippen MR) is 362 cm³/mol. The number of allylic oxidation sites excluding steroid dienone is 22. The smallest absolute Gasteiger partial charge is 0.306 e. The molecule has 83 heavy (non-hydrogen) atoms. The van der Waals surface area contributed by atoms with Crippen LogP contribution >= 0.6 is 0 Å². The Balaban J connectivity index is 4.37. The van der Waals surface area contributed by atoms with Gasteiger partial charge in [-0.25, -0.2) is 0 Å². The van der Waals surface area contributed by atoms with Crippen LogP contribution in [0.2, 0.25) is 0 Å². The van der Waals surface area contributed by atoms with Crippen LogP contribution in [0.25, 0.3) is 0 Å². The molecule has 0 saturated heterocycles. The maximum Gasteiger partial charge on any atom is 0.306 e. The summed E-state index contributed by atoms with van der Waals surface area (Å²) in [5.74, 6) is -0.911. The van der Waals surface area contributed by atoms with E-state index in [2.05, 4.69) is 154 Å². The van der Waals surface area contributed by atoms with Crippen LogP contribution in [0.4, 0.5) is 0 Å². The predicted octanol–water partition coefficient (Wildman–Crippen LogP) is 24.1. The average molecular weight is 1150 g/mol. The third-order valence-electron chi connectivity index (χ3n) is 14.6. The lowest BCUT2D eigenvalue weighted by molar-refractivity contribution is -0.167. The molecule has 0 rings (SSSR count). The number of unbranched alkanes of at least 4 members (excludes halogenated alkanes) is 29. The van der Waals surface area contributed by atoms with E-state index in [1.165, 1.54) is 128 Å². The number of carbonyl (C=O) groups excluding carboxylic acids is 3. The Morgan fingerprint density at radius 2 is 0.470 bits per heavy atom. The van der Waals surface area contributed by atoms with Gasteiger partial charge in [-0.3, -0.25) is 14.4 Å². The van der Waals surface area contributed by atoms with E-state index < -0.39 is 6.10 Å². The van der Waals surface area contributed by atoms with Crippen molar-refractivity contribution in [2.45, 2.75) is 322 Å². The Kier molecular flexibility index (Phi) is 66.3. The van der Waals surface area contributed by atoms with Gasteiger partial charge >= 0.3 is 17.9 Å². The summed E-state index contributed by atoms with van der Waals surface area (Å²) in [6.45, 7) is 6.40. The van der Waals surface area contributed by atoms with Crippen molar-refractivity contribution in [1.29, 1.82) is 0 Å². The van der Waals surface area contributed by atoms with E-state index in [4.69, 9.17) is 14.2 Å². The van der Waals surface area contributed by atoms with Gasteiger partial charge in [0.05, 0.1) is 0 Å². The maximum absolute atomic E-state index is 13.0. The van der Waals surface area contributed by atoms with E-state index in [-0.39, 0.29) is 31.1 Å². The number of hydrogen-bond donors (Lipinski definition) is 0. The van der Waals surface area contributed by atoms with E-state index in [1.807, 2.05) is 0 Å². The van der Waals surface area contributed by atoms with Gasteiger partial charge < -0.3 is 14.2 Å². The first-order valence-corrected chi connectivity index (χ1v) is 34.7. The highest BCUT2D eigenvalue weighted by atomic mass is 16.6. The van der Waals surface area contributed by atoms with Gasteiger partial charge in [-0.15, -0.1) is 0 Å². The van der Waals surface area contributed by atoms with Crippen molar-refractivity contribution in [3.8, 4) is 0 Å². The Morgan fingerprint density at radius 1 is 0.253 bits per heavy atom. The minimum Gasteiger partial charge on any atom is -0.462 e. The molecule has 1 unspecified atom stereocenters. The van der Waals surface area contributed by atoms with Crippen LogP contribution in [-0.4, -0.2) is 37.2 Å². The third-order valence-corrected chi connectivity index (χ3v) is 14.6. The van der Waals surface area contributed by atoms with E-state index in [0.29, 0.717) is 19.3 Å². The molecule has 0 aromatic rings. The second-order valence-corrected chi connectivity index (χ2v) is 22.7. The maximum atomic E-state index is 13.0. The summed E-state index contributed by atoms with van der Waals surface area (Å²) in [4.78, 5) is 38.5. The molecule has 6 nitrogen and oxygen atoms in total. The summed E-state index contributed by atoms with van der Waals surface area (Å²) in [5.41, 5.74) is 0. The zero-order valence-electron chi connectivity index (χ0n) is 54.2. The van der Waals surface area contributed by atoms with Crippen molar-refractivity contribution >= 4 is 17.9 Å². The lowest BCUT2D eigenvalue weighted by Crippen LogP contribution is -2.30. The highest BCUT2D eigenvalue weighted by molar-refractivity contribution is 5.71. The molecule has 0 aromatic heterocycles. The van der Waals surface area contributed by atoms with Gasteiger partial charge in [0.1, 0.15) is 13.2 Å². The van der Waals surface area contributed by atoms with Gasteiger partial charge in [0.15, 0.2) is 6.10 Å². The van der Waals surface area contributed by atoms with Crippen LogP contribution in [-0.2, 0) is 28.6 Å². The first-order valence-electron chi connectivity index (χ1n) is 34.7. The molecule has 0 aromatic carbocycles. The summed E-state index contributed by atoms with van der Waals surface area (Å²) < 4.78 is 17.0.